The van der Waals surface area contributed by atoms with Gasteiger partial charge in [0.2, 0.25) is 0 Å². The second-order valence-corrected chi connectivity index (χ2v) is 8.95. The Balaban J connectivity index is 2.29. The number of nitrogen functional groups attached to an aromatic ring is 1. The van der Waals surface area contributed by atoms with E-state index in [4.69, 9.17) is 5.73 Å². The number of nitrogens with two attached hydrogens (primary N) is 1. The van der Waals surface area contributed by atoms with E-state index in [1.54, 1.807) is 6.92 Å². The summed E-state index contributed by atoms with van der Waals surface area (Å²) in [4.78, 5) is -1.31. The summed E-state index contributed by atoms with van der Waals surface area (Å²) in [5.74, 6) is -0.612. The molecule has 0 heterocycles. The number of aromatic hydroxyl groups is 1. The number of phenolic OH excluding ortho intramolecular Hbond substituents is 1. The Morgan fingerprint density at radius 2 is 1.52 bits per heavy atom. The maximum absolute atomic E-state index is 11.8. The predicted molar refractivity (Wildman–Crippen MR) is 105 cm³/mol. The molecule has 0 saturated heterocycles. The number of hydrogen-bond donors (Lipinski definition) is 4. The summed E-state index contributed by atoms with van der Waals surface area (Å²) < 4.78 is 65.6. The number of aryl methyl sites for hydroxylation is 1. The molecule has 0 aliphatic heterocycles. The molecule has 12 heteroatoms. The van der Waals surface area contributed by atoms with E-state index in [0.29, 0.717) is 11.3 Å². The fourth-order valence-electron chi connectivity index (χ4n) is 2.68. The van der Waals surface area contributed by atoms with Crippen LogP contribution in [0, 0.1) is 6.92 Å². The second-order valence-electron chi connectivity index (χ2n) is 6.17. The van der Waals surface area contributed by atoms with Crippen LogP contribution in [0.1, 0.15) is 5.56 Å². The first kappa shape index (κ1) is 20.7. The molecule has 0 radical (unpaired) electrons. The van der Waals surface area contributed by atoms with Crippen LogP contribution in [-0.2, 0) is 20.2 Å². The highest BCUT2D eigenvalue weighted by atomic mass is 32.2. The lowest BCUT2D eigenvalue weighted by molar-refractivity contribution is 0.472. The highest BCUT2D eigenvalue weighted by Crippen LogP contribution is 2.42. The first-order valence-electron chi connectivity index (χ1n) is 7.90. The quantitative estimate of drug-likeness (QED) is 0.272. The largest absolute Gasteiger partial charge is 0.505 e. The number of rotatable bonds is 4. The molecule has 29 heavy (non-hydrogen) atoms. The van der Waals surface area contributed by atoms with Crippen molar-refractivity contribution in [1.82, 2.24) is 0 Å². The minimum absolute atomic E-state index is 0.180. The van der Waals surface area contributed by atoms with E-state index in [1.165, 1.54) is 30.3 Å². The average molecular weight is 437 g/mol. The zero-order valence-electron chi connectivity index (χ0n) is 14.8. The van der Waals surface area contributed by atoms with Gasteiger partial charge in [-0.1, -0.05) is 6.07 Å². The lowest BCUT2D eigenvalue weighted by Crippen LogP contribution is -2.00. The van der Waals surface area contributed by atoms with Crippen molar-refractivity contribution in [3.63, 3.8) is 0 Å². The molecule has 152 valence electrons. The van der Waals surface area contributed by atoms with E-state index >= 15 is 0 Å². The van der Waals surface area contributed by atoms with Crippen molar-refractivity contribution in [2.45, 2.75) is 16.7 Å². The van der Waals surface area contributed by atoms with Crippen LogP contribution in [0.15, 0.2) is 62.5 Å². The highest BCUT2D eigenvalue weighted by Gasteiger charge is 2.23. The number of hydrogen-bond acceptors (Lipinski definition) is 8. The van der Waals surface area contributed by atoms with Crippen molar-refractivity contribution >= 4 is 48.1 Å². The number of phenols is 1. The van der Waals surface area contributed by atoms with E-state index in [2.05, 4.69) is 10.2 Å². The van der Waals surface area contributed by atoms with Gasteiger partial charge in [-0.3, -0.25) is 9.11 Å². The maximum Gasteiger partial charge on any atom is 0.296 e. The monoisotopic (exact) mass is 437 g/mol. The molecular formula is C17H15N3O7S2. The minimum atomic E-state index is -4.83. The molecule has 0 aliphatic carbocycles. The van der Waals surface area contributed by atoms with Crippen LogP contribution < -0.4 is 5.73 Å². The first-order chi connectivity index (χ1) is 13.4. The smallest absolute Gasteiger partial charge is 0.296 e. The number of benzene rings is 3. The molecule has 0 atom stereocenters. The normalized spacial score (nSPS) is 12.7. The summed E-state index contributed by atoms with van der Waals surface area (Å²) in [6, 6.07) is 9.21. The lowest BCUT2D eigenvalue weighted by atomic mass is 10.1. The van der Waals surface area contributed by atoms with Crippen molar-refractivity contribution in [1.29, 1.82) is 0 Å². The van der Waals surface area contributed by atoms with E-state index in [9.17, 15) is 31.0 Å². The molecular weight excluding hydrogens is 422 g/mol. The molecule has 0 amide bonds. The molecule has 0 fully saturated rings. The first-order valence-corrected chi connectivity index (χ1v) is 10.8. The zero-order valence-corrected chi connectivity index (χ0v) is 16.4. The van der Waals surface area contributed by atoms with Crippen LogP contribution in [0.5, 0.6) is 5.75 Å². The zero-order chi connectivity index (χ0) is 21.6. The van der Waals surface area contributed by atoms with Gasteiger partial charge in [-0.05, 0) is 54.3 Å². The van der Waals surface area contributed by atoms with E-state index in [1.807, 2.05) is 0 Å². The Bertz CT molecular complexity index is 1380. The molecule has 3 aromatic carbocycles. The third kappa shape index (κ3) is 4.19. The van der Waals surface area contributed by atoms with E-state index in [-0.39, 0.29) is 16.5 Å². The SMILES string of the molecule is Cc1ccc(N=Nc2c(S(=O)(=O)O)cc3cc(N)ccc3c2O)c(S(=O)(=O)O)c1. The summed E-state index contributed by atoms with van der Waals surface area (Å²) in [5.41, 5.74) is 5.57. The van der Waals surface area contributed by atoms with Crippen LogP contribution in [-0.4, -0.2) is 31.0 Å². The Morgan fingerprint density at radius 3 is 2.14 bits per heavy atom. The van der Waals surface area contributed by atoms with Gasteiger partial charge >= 0.3 is 0 Å². The molecule has 3 aromatic rings. The molecule has 10 nitrogen and oxygen atoms in total. The molecule has 0 aromatic heterocycles. The predicted octanol–water partition coefficient (Wildman–Crippen LogP) is 3.34. The number of nitrogens with zero attached hydrogens (tertiary/aromatic N) is 2. The molecule has 5 N–H and O–H groups in total. The van der Waals surface area contributed by atoms with Gasteiger partial charge in [-0.2, -0.15) is 16.8 Å². The van der Waals surface area contributed by atoms with Gasteiger partial charge in [-0.25, -0.2) is 0 Å². The summed E-state index contributed by atoms with van der Waals surface area (Å²) >= 11 is 0. The van der Waals surface area contributed by atoms with Gasteiger partial charge in [0.25, 0.3) is 20.2 Å². The average Bonchev–Trinajstić information content (AvgIpc) is 2.59. The van der Waals surface area contributed by atoms with Gasteiger partial charge in [0.1, 0.15) is 21.2 Å². The Kier molecular flexibility index (Phi) is 5.04. The van der Waals surface area contributed by atoms with Crippen LogP contribution in [0.3, 0.4) is 0 Å². The Morgan fingerprint density at radius 1 is 0.862 bits per heavy atom. The highest BCUT2D eigenvalue weighted by molar-refractivity contribution is 7.86. The molecule has 0 spiro atoms. The summed E-state index contributed by atoms with van der Waals surface area (Å²) in [6.07, 6.45) is 0. The molecule has 0 saturated carbocycles. The molecule has 0 aliphatic rings. The van der Waals surface area contributed by atoms with Gasteiger partial charge in [0.05, 0.1) is 0 Å². The standard InChI is InChI=1S/C17H15N3O7S2/c1-9-2-5-13(14(6-9)28(22,23)24)19-20-16-15(29(25,26)27)8-10-7-11(18)3-4-12(10)17(16)21/h2-8,21H,18H2,1H3,(H,22,23,24)(H,25,26,27). The number of azo groups is 1. The molecule has 0 bridgehead atoms. The Labute approximate surface area is 165 Å². The van der Waals surface area contributed by atoms with Gasteiger partial charge < -0.3 is 10.8 Å². The van der Waals surface area contributed by atoms with Crippen molar-refractivity contribution in [3.8, 4) is 5.75 Å². The maximum atomic E-state index is 11.8. The fraction of sp³-hybridized carbons (Fsp3) is 0.0588. The van der Waals surface area contributed by atoms with Crippen LogP contribution >= 0.6 is 0 Å². The second kappa shape index (κ2) is 7.08. The topological polar surface area (TPSA) is 180 Å². The number of fused-ring (bicyclic) bond motifs is 1. The number of anilines is 1. The summed E-state index contributed by atoms with van der Waals surface area (Å²) in [5, 5.41) is 18.2. The van der Waals surface area contributed by atoms with Crippen LogP contribution in [0.2, 0.25) is 0 Å². The Hall–Kier alpha value is -3.06. The third-order valence-corrected chi connectivity index (χ3v) is 5.75. The van der Waals surface area contributed by atoms with Crippen molar-refractivity contribution < 1.29 is 31.0 Å². The van der Waals surface area contributed by atoms with Crippen LogP contribution in [0.25, 0.3) is 10.8 Å². The molecule has 3 rings (SSSR count). The van der Waals surface area contributed by atoms with Gasteiger partial charge in [0.15, 0.2) is 5.75 Å². The van der Waals surface area contributed by atoms with E-state index in [0.717, 1.165) is 12.1 Å². The van der Waals surface area contributed by atoms with E-state index < -0.39 is 41.5 Å². The lowest BCUT2D eigenvalue weighted by Gasteiger charge is -2.09. The van der Waals surface area contributed by atoms with Gasteiger partial charge in [-0.15, -0.1) is 10.2 Å². The van der Waals surface area contributed by atoms with Crippen molar-refractivity contribution in [2.24, 2.45) is 10.2 Å². The van der Waals surface area contributed by atoms with Crippen LogP contribution in [0.4, 0.5) is 17.1 Å². The van der Waals surface area contributed by atoms with Crippen molar-refractivity contribution in [2.75, 3.05) is 5.73 Å². The third-order valence-electron chi connectivity index (χ3n) is 4.00. The molecule has 0 unspecified atom stereocenters. The van der Waals surface area contributed by atoms with Gasteiger partial charge in [0, 0.05) is 11.1 Å². The minimum Gasteiger partial charge on any atom is -0.505 e. The summed E-state index contributed by atoms with van der Waals surface area (Å²) in [6.45, 7) is 1.59. The van der Waals surface area contributed by atoms with Crippen molar-refractivity contribution in [3.05, 3.63) is 48.0 Å². The summed E-state index contributed by atoms with van der Waals surface area (Å²) in [7, 11) is -9.48. The fourth-order valence-corrected chi connectivity index (χ4v) is 4.04.